The number of carbonyl (C=O) groups is 1. The Hall–Kier alpha value is -2.08. The average molecular weight is 362 g/mol. The minimum Gasteiger partial charge on any atom is -0.381 e. The van der Waals surface area contributed by atoms with Gasteiger partial charge in [-0.15, -0.1) is 12.4 Å². The monoisotopic (exact) mass is 361 g/mol. The highest BCUT2D eigenvalue weighted by Gasteiger charge is 2.38. The highest BCUT2D eigenvalue weighted by molar-refractivity contribution is 5.95. The fourth-order valence-corrected chi connectivity index (χ4v) is 2.87. The Kier molecular flexibility index (Phi) is 6.82. The lowest BCUT2D eigenvalue weighted by molar-refractivity contribution is -0.130. The lowest BCUT2D eigenvalue weighted by atomic mass is 9.79. The number of carbonyl (C=O) groups excluding carboxylic acids is 1. The molecule has 0 radical (unpaired) electrons. The van der Waals surface area contributed by atoms with Crippen LogP contribution in [0.3, 0.4) is 0 Å². The maximum absolute atomic E-state index is 12.6. The predicted octanol–water partition coefficient (Wildman–Crippen LogP) is 3.55. The molecule has 0 saturated carbocycles. The standard InChI is InChI=1S/C19H23N3O2.ClH/c20-14-19(10-12-24-13-11-19)18(23)22-17-8-6-16(7-9-17)21-15-4-2-1-3-5-15;/h1-9,21H,10-14,20H2,(H,22,23);1H. The van der Waals surface area contributed by atoms with Gasteiger partial charge in [0.25, 0.3) is 0 Å². The zero-order valence-corrected chi connectivity index (χ0v) is 14.9. The van der Waals surface area contributed by atoms with Crippen LogP contribution in [0.25, 0.3) is 0 Å². The molecule has 0 spiro atoms. The molecule has 134 valence electrons. The van der Waals surface area contributed by atoms with Crippen LogP contribution in [0.15, 0.2) is 54.6 Å². The Labute approximate surface area is 154 Å². The van der Waals surface area contributed by atoms with Gasteiger partial charge in [-0.3, -0.25) is 4.79 Å². The van der Waals surface area contributed by atoms with Crippen LogP contribution in [-0.2, 0) is 9.53 Å². The highest BCUT2D eigenvalue weighted by Crippen LogP contribution is 2.31. The number of nitrogens with one attached hydrogen (secondary N) is 2. The van der Waals surface area contributed by atoms with E-state index in [1.807, 2.05) is 54.6 Å². The molecule has 0 aliphatic carbocycles. The molecule has 0 bridgehead atoms. The molecule has 2 aromatic rings. The summed E-state index contributed by atoms with van der Waals surface area (Å²) in [5.41, 5.74) is 8.14. The first-order valence-electron chi connectivity index (χ1n) is 8.23. The molecule has 6 heteroatoms. The molecule has 1 saturated heterocycles. The van der Waals surface area contributed by atoms with E-state index in [9.17, 15) is 4.79 Å². The van der Waals surface area contributed by atoms with Crippen molar-refractivity contribution in [2.75, 3.05) is 30.4 Å². The van der Waals surface area contributed by atoms with Crippen LogP contribution in [0, 0.1) is 5.41 Å². The molecule has 1 aliphatic heterocycles. The van der Waals surface area contributed by atoms with Crippen molar-refractivity contribution in [1.82, 2.24) is 0 Å². The van der Waals surface area contributed by atoms with E-state index in [-0.39, 0.29) is 18.3 Å². The third kappa shape index (κ3) is 4.72. The van der Waals surface area contributed by atoms with Crippen molar-refractivity contribution < 1.29 is 9.53 Å². The van der Waals surface area contributed by atoms with Crippen LogP contribution in [0.5, 0.6) is 0 Å². The summed E-state index contributed by atoms with van der Waals surface area (Å²) in [6.07, 6.45) is 1.34. The summed E-state index contributed by atoms with van der Waals surface area (Å²) < 4.78 is 5.36. The summed E-state index contributed by atoms with van der Waals surface area (Å²) in [4.78, 5) is 12.6. The van der Waals surface area contributed by atoms with Crippen molar-refractivity contribution in [1.29, 1.82) is 0 Å². The second-order valence-electron chi connectivity index (χ2n) is 6.12. The zero-order valence-electron chi connectivity index (χ0n) is 14.0. The minimum absolute atomic E-state index is 0. The molecule has 1 heterocycles. The zero-order chi connectivity index (χ0) is 16.8. The third-order valence-electron chi connectivity index (χ3n) is 4.53. The van der Waals surface area contributed by atoms with Gasteiger partial charge >= 0.3 is 0 Å². The molecule has 2 aromatic carbocycles. The van der Waals surface area contributed by atoms with E-state index < -0.39 is 5.41 Å². The van der Waals surface area contributed by atoms with Gasteiger partial charge in [0.2, 0.25) is 5.91 Å². The summed E-state index contributed by atoms with van der Waals surface area (Å²) in [5.74, 6) is -0.0166. The molecule has 1 fully saturated rings. The summed E-state index contributed by atoms with van der Waals surface area (Å²) in [7, 11) is 0. The van der Waals surface area contributed by atoms with Crippen molar-refractivity contribution in [3.05, 3.63) is 54.6 Å². The summed E-state index contributed by atoms with van der Waals surface area (Å²) in [6.45, 7) is 1.52. The highest BCUT2D eigenvalue weighted by atomic mass is 35.5. The Balaban J connectivity index is 0.00000225. The van der Waals surface area contributed by atoms with E-state index in [2.05, 4.69) is 10.6 Å². The number of para-hydroxylation sites is 1. The van der Waals surface area contributed by atoms with Crippen LogP contribution in [0.4, 0.5) is 17.1 Å². The number of anilines is 3. The Bertz CT molecular complexity index is 671. The molecular formula is C19H24ClN3O2. The van der Waals surface area contributed by atoms with E-state index in [1.165, 1.54) is 0 Å². The van der Waals surface area contributed by atoms with Gasteiger partial charge in [-0.1, -0.05) is 18.2 Å². The normalized spacial score (nSPS) is 15.7. The maximum Gasteiger partial charge on any atom is 0.232 e. The van der Waals surface area contributed by atoms with Gasteiger partial charge in [0.05, 0.1) is 5.41 Å². The van der Waals surface area contributed by atoms with Crippen molar-refractivity contribution >= 4 is 35.4 Å². The quantitative estimate of drug-likeness (QED) is 0.761. The van der Waals surface area contributed by atoms with Gasteiger partial charge < -0.3 is 21.1 Å². The smallest absolute Gasteiger partial charge is 0.232 e. The van der Waals surface area contributed by atoms with Crippen molar-refractivity contribution in [3.8, 4) is 0 Å². The fourth-order valence-electron chi connectivity index (χ4n) is 2.87. The Morgan fingerprint density at radius 3 is 2.12 bits per heavy atom. The number of hydrogen-bond acceptors (Lipinski definition) is 4. The average Bonchev–Trinajstić information content (AvgIpc) is 2.64. The molecule has 4 N–H and O–H groups in total. The number of rotatable bonds is 5. The second-order valence-corrected chi connectivity index (χ2v) is 6.12. The molecule has 0 aromatic heterocycles. The van der Waals surface area contributed by atoms with Crippen molar-refractivity contribution in [2.24, 2.45) is 11.1 Å². The molecule has 5 nitrogen and oxygen atoms in total. The number of halogens is 1. The molecule has 0 unspecified atom stereocenters. The number of hydrogen-bond donors (Lipinski definition) is 3. The van der Waals surface area contributed by atoms with Gasteiger partial charge in [0, 0.05) is 36.8 Å². The predicted molar refractivity (Wildman–Crippen MR) is 104 cm³/mol. The largest absolute Gasteiger partial charge is 0.381 e. The van der Waals surface area contributed by atoms with Gasteiger partial charge in [0.1, 0.15) is 0 Å². The van der Waals surface area contributed by atoms with Crippen LogP contribution >= 0.6 is 12.4 Å². The first kappa shape index (κ1) is 19.2. The second kappa shape index (κ2) is 8.85. The van der Waals surface area contributed by atoms with E-state index in [0.717, 1.165) is 17.1 Å². The van der Waals surface area contributed by atoms with E-state index in [4.69, 9.17) is 10.5 Å². The molecule has 1 amide bonds. The van der Waals surface area contributed by atoms with Gasteiger partial charge in [0.15, 0.2) is 0 Å². The van der Waals surface area contributed by atoms with Gasteiger partial charge in [-0.05, 0) is 49.2 Å². The van der Waals surface area contributed by atoms with Gasteiger partial charge in [-0.2, -0.15) is 0 Å². The SMILES string of the molecule is Cl.NCC1(C(=O)Nc2ccc(Nc3ccccc3)cc2)CCOCC1. The molecule has 25 heavy (non-hydrogen) atoms. The topological polar surface area (TPSA) is 76.4 Å². The number of ether oxygens (including phenoxy) is 1. The van der Waals surface area contributed by atoms with E-state index in [0.29, 0.717) is 32.6 Å². The fraction of sp³-hybridized carbons (Fsp3) is 0.316. The van der Waals surface area contributed by atoms with Crippen LogP contribution < -0.4 is 16.4 Å². The molecule has 1 aliphatic rings. The summed E-state index contributed by atoms with van der Waals surface area (Å²) >= 11 is 0. The van der Waals surface area contributed by atoms with Gasteiger partial charge in [-0.25, -0.2) is 0 Å². The number of amides is 1. The molecule has 3 rings (SSSR count). The maximum atomic E-state index is 12.6. The van der Waals surface area contributed by atoms with E-state index >= 15 is 0 Å². The Morgan fingerprint density at radius 2 is 1.52 bits per heavy atom. The number of benzene rings is 2. The van der Waals surface area contributed by atoms with Crippen LogP contribution in [0.1, 0.15) is 12.8 Å². The number of nitrogens with two attached hydrogens (primary N) is 1. The van der Waals surface area contributed by atoms with Crippen molar-refractivity contribution in [3.63, 3.8) is 0 Å². The summed E-state index contributed by atoms with van der Waals surface area (Å²) in [6, 6.07) is 17.6. The lowest BCUT2D eigenvalue weighted by Crippen LogP contribution is -2.46. The van der Waals surface area contributed by atoms with E-state index in [1.54, 1.807) is 0 Å². The van der Waals surface area contributed by atoms with Crippen LogP contribution in [-0.4, -0.2) is 25.7 Å². The molecule has 0 atom stereocenters. The minimum atomic E-state index is -0.515. The first-order chi connectivity index (χ1) is 11.7. The van der Waals surface area contributed by atoms with Crippen LogP contribution in [0.2, 0.25) is 0 Å². The first-order valence-corrected chi connectivity index (χ1v) is 8.23. The Morgan fingerprint density at radius 1 is 0.960 bits per heavy atom. The molecular weight excluding hydrogens is 338 g/mol. The third-order valence-corrected chi connectivity index (χ3v) is 4.53. The van der Waals surface area contributed by atoms with Crippen molar-refractivity contribution in [2.45, 2.75) is 12.8 Å². The summed E-state index contributed by atoms with van der Waals surface area (Å²) in [5, 5.41) is 6.31. The lowest BCUT2D eigenvalue weighted by Gasteiger charge is -2.34.